The van der Waals surface area contributed by atoms with Crippen LogP contribution in [0.3, 0.4) is 0 Å². The monoisotopic (exact) mass is 847 g/mol. The molecule has 2 aromatic rings. The predicted molar refractivity (Wildman–Crippen MR) is 237 cm³/mol. The number of phenolic OH excluding ortho intramolecular Hbond substituents is 2. The second kappa shape index (κ2) is 18.7. The molecule has 61 heavy (non-hydrogen) atoms. The number of aliphatic hydroxyl groups excluding tert-OH is 2. The summed E-state index contributed by atoms with van der Waals surface area (Å²) in [5.74, 6) is -2.60. The van der Waals surface area contributed by atoms with Gasteiger partial charge in [-0.1, -0.05) is 71.9 Å². The average molecular weight is 847 g/mol. The number of likely N-dealkylation sites (tertiary alicyclic amines) is 1. The number of allylic oxidation sites excluding steroid dienone is 4. The number of nitrogens with one attached hydrogen (secondary N) is 1. The first-order valence-corrected chi connectivity index (χ1v) is 21.9. The van der Waals surface area contributed by atoms with Gasteiger partial charge in [0.2, 0.25) is 5.78 Å². The summed E-state index contributed by atoms with van der Waals surface area (Å²) in [5, 5.41) is 57.1. The van der Waals surface area contributed by atoms with Gasteiger partial charge in [0.15, 0.2) is 22.8 Å². The summed E-state index contributed by atoms with van der Waals surface area (Å²) in [6, 6.07) is 0. The molecule has 5 aliphatic rings. The van der Waals surface area contributed by atoms with E-state index in [1.807, 2.05) is 38.2 Å². The van der Waals surface area contributed by atoms with Crippen LogP contribution in [0.15, 0.2) is 45.9 Å². The SMILES string of the molecule is C/C1=C/C=C/[C@H](C)C[C@@H](C)[C@@H](OC(C)(C)O)[C@@H](C)[C@H](O)[C@H](C)C/C=C/C[C@@]2(C)Oc3c(C)c(O)c4c(O)c(c5c(c4c3C2=O)=NC2(CCN(CC(C)C)CC2)N=5)NC1=O.CO. The Bertz CT molecular complexity index is 2200. The minimum absolute atomic E-state index is 0.0167. The number of amides is 1. The zero-order valence-electron chi connectivity index (χ0n) is 38.3. The van der Waals surface area contributed by atoms with E-state index in [0.29, 0.717) is 42.5 Å². The third-order valence-corrected chi connectivity index (χ3v) is 12.7. The Labute approximate surface area is 361 Å². The van der Waals surface area contributed by atoms with Gasteiger partial charge >= 0.3 is 0 Å². The highest BCUT2D eigenvalue weighted by Gasteiger charge is 2.48. The molecule has 7 atom stereocenters. The van der Waals surface area contributed by atoms with Crippen molar-refractivity contribution in [3.8, 4) is 17.2 Å². The third kappa shape index (κ3) is 9.91. The van der Waals surface area contributed by atoms with E-state index in [2.05, 4.69) is 37.9 Å². The van der Waals surface area contributed by atoms with Crippen molar-refractivity contribution in [3.63, 3.8) is 0 Å². The van der Waals surface area contributed by atoms with Gasteiger partial charge in [0.25, 0.3) is 5.91 Å². The first kappa shape index (κ1) is 47.9. The molecular weight excluding hydrogens is 777 g/mol. The number of carbonyl (C=O) groups excluding carboxylic acids is 2. The fraction of sp³-hybridized carbons (Fsp3) is 0.625. The maximum atomic E-state index is 14.7. The summed E-state index contributed by atoms with van der Waals surface area (Å²) < 4.78 is 12.7. The van der Waals surface area contributed by atoms with Crippen molar-refractivity contribution in [2.24, 2.45) is 39.6 Å². The van der Waals surface area contributed by atoms with Crippen LogP contribution >= 0.6 is 0 Å². The molecule has 0 unspecified atom stereocenters. The molecule has 0 aliphatic carbocycles. The number of benzene rings is 2. The lowest BCUT2D eigenvalue weighted by atomic mass is 9.80. The van der Waals surface area contributed by atoms with Crippen LogP contribution in [-0.4, -0.2) is 98.1 Å². The van der Waals surface area contributed by atoms with Gasteiger partial charge in [-0.05, 0) is 71.1 Å². The number of phenols is 2. The molecule has 2 aromatic carbocycles. The van der Waals surface area contributed by atoms with E-state index in [1.54, 1.807) is 40.7 Å². The Balaban J connectivity index is 0.00000347. The molecular formula is C48H70N4O9. The standard InChI is InChI=1S/C47H66N4O8.CH4O/c1-25(2)24-51-21-19-47(20-22-51)49-35-32-33-39(53)31(8)42-34(32)43(55)46(11,59-42)18-13-12-16-27(4)38(52)30(7)41(58-45(9,10)57)29(6)23-26(3)15-14-17-28(5)44(56)48-37(40(33)54)36(35)50-47;1-2/h12-15,17,25-27,29-30,38,41,52-54,57H,16,18-24H2,1-11H3,(H,48,56);2H,1H3/b13-12+,15-14+,28-17-;/t26-,27+,29+,30-,38+,41+,46+;/m0./s1. The number of ketones is 1. The Kier molecular flexibility index (Phi) is 14.7. The Morgan fingerprint density at radius 3 is 2.25 bits per heavy atom. The van der Waals surface area contributed by atoms with Gasteiger partial charge in [0.1, 0.15) is 22.5 Å². The number of nitrogens with zero attached hydrogens (tertiary/aromatic N) is 3. The molecule has 0 aromatic heterocycles. The van der Waals surface area contributed by atoms with Crippen molar-refractivity contribution in [1.82, 2.24) is 4.90 Å². The summed E-state index contributed by atoms with van der Waals surface area (Å²) >= 11 is 0. The molecule has 5 heterocycles. The van der Waals surface area contributed by atoms with Crippen LogP contribution in [0.1, 0.15) is 117 Å². The van der Waals surface area contributed by atoms with E-state index in [4.69, 9.17) is 24.6 Å². The molecule has 0 saturated carbocycles. The second-order valence-corrected chi connectivity index (χ2v) is 19.1. The molecule has 336 valence electrons. The molecule has 5 bridgehead atoms. The number of rotatable bonds is 4. The Morgan fingerprint density at radius 1 is 0.984 bits per heavy atom. The highest BCUT2D eigenvalue weighted by molar-refractivity contribution is 6.20. The molecule has 6 N–H and O–H groups in total. The van der Waals surface area contributed by atoms with E-state index in [-0.39, 0.29) is 80.3 Å². The lowest BCUT2D eigenvalue weighted by Crippen LogP contribution is -2.44. The number of aromatic hydroxyl groups is 2. The zero-order chi connectivity index (χ0) is 45.4. The van der Waals surface area contributed by atoms with Crippen molar-refractivity contribution < 1.29 is 44.6 Å². The first-order valence-electron chi connectivity index (χ1n) is 21.9. The van der Waals surface area contributed by atoms with Crippen molar-refractivity contribution >= 4 is 28.2 Å². The van der Waals surface area contributed by atoms with Crippen LogP contribution in [0.25, 0.3) is 10.8 Å². The molecule has 1 saturated heterocycles. The van der Waals surface area contributed by atoms with E-state index < -0.39 is 40.9 Å². The van der Waals surface area contributed by atoms with Crippen LogP contribution in [0, 0.1) is 36.5 Å². The highest BCUT2D eigenvalue weighted by Crippen LogP contribution is 2.50. The minimum Gasteiger partial charge on any atom is -0.507 e. The largest absolute Gasteiger partial charge is 0.507 e. The molecule has 7 rings (SSSR count). The van der Waals surface area contributed by atoms with Gasteiger partial charge in [0.05, 0.1) is 28.5 Å². The minimum atomic E-state index is -1.41. The molecule has 0 radical (unpaired) electrons. The normalized spacial score (nSPS) is 30.5. The van der Waals surface area contributed by atoms with Crippen LogP contribution in [-0.2, 0) is 9.53 Å². The summed E-state index contributed by atoms with van der Waals surface area (Å²) in [6.45, 7) is 23.1. The number of ether oxygens (including phenoxy) is 2. The summed E-state index contributed by atoms with van der Waals surface area (Å²) in [4.78, 5) is 41.5. The fourth-order valence-electron chi connectivity index (χ4n) is 9.43. The summed E-state index contributed by atoms with van der Waals surface area (Å²) in [5.41, 5.74) is -1.31. The Morgan fingerprint density at radius 2 is 1.62 bits per heavy atom. The van der Waals surface area contributed by atoms with Crippen molar-refractivity contribution in [2.45, 2.75) is 138 Å². The molecule has 13 nitrogen and oxygen atoms in total. The lowest BCUT2D eigenvalue weighted by Gasteiger charge is -2.38. The number of anilines is 1. The van der Waals surface area contributed by atoms with Crippen LogP contribution in [0.2, 0.25) is 0 Å². The molecule has 1 fully saturated rings. The van der Waals surface area contributed by atoms with Gasteiger partial charge < -0.3 is 45.2 Å². The molecule has 1 amide bonds. The van der Waals surface area contributed by atoms with Crippen LogP contribution < -0.4 is 20.8 Å². The van der Waals surface area contributed by atoms with Crippen LogP contribution in [0.5, 0.6) is 17.2 Å². The topological polar surface area (TPSA) is 194 Å². The van der Waals surface area contributed by atoms with Gasteiger partial charge in [-0.3, -0.25) is 19.6 Å². The quantitative estimate of drug-likeness (QED) is 0.114. The molecule has 1 spiro atoms. The molecule has 13 heteroatoms. The van der Waals surface area contributed by atoms with E-state index in [1.165, 1.54) is 0 Å². The first-order chi connectivity index (χ1) is 28.6. The zero-order valence-corrected chi connectivity index (χ0v) is 38.3. The number of piperidine rings is 1. The number of Topliss-reactive ketones (excluding diaryl/α,β-unsaturated/α-hetero) is 1. The third-order valence-electron chi connectivity index (χ3n) is 12.7. The maximum Gasteiger partial charge on any atom is 0.251 e. The highest BCUT2D eigenvalue weighted by atomic mass is 16.6. The second-order valence-electron chi connectivity index (χ2n) is 19.1. The predicted octanol–water partition coefficient (Wildman–Crippen LogP) is 6.40. The Hall–Kier alpha value is -4.14. The number of hydrogen-bond acceptors (Lipinski definition) is 12. The lowest BCUT2D eigenvalue weighted by molar-refractivity contribution is -0.235. The van der Waals surface area contributed by atoms with Gasteiger partial charge in [0, 0.05) is 68.4 Å². The van der Waals surface area contributed by atoms with E-state index in [0.717, 1.165) is 26.7 Å². The fourth-order valence-corrected chi connectivity index (χ4v) is 9.43. The summed E-state index contributed by atoms with van der Waals surface area (Å²) in [6.07, 6.45) is 10.8. The number of aliphatic hydroxyl groups is 3. The van der Waals surface area contributed by atoms with Crippen molar-refractivity contribution in [1.29, 1.82) is 0 Å². The van der Waals surface area contributed by atoms with Crippen molar-refractivity contribution in [3.05, 3.63) is 57.8 Å². The summed E-state index contributed by atoms with van der Waals surface area (Å²) in [7, 11) is 1.00. The van der Waals surface area contributed by atoms with E-state index >= 15 is 0 Å². The number of carbonyl (C=O) groups is 2. The van der Waals surface area contributed by atoms with Gasteiger partial charge in [-0.25, -0.2) is 0 Å². The number of fused-ring (bicyclic) bond motifs is 13. The van der Waals surface area contributed by atoms with Crippen molar-refractivity contribution in [2.75, 3.05) is 32.1 Å². The average Bonchev–Trinajstić information content (AvgIpc) is 3.69. The maximum absolute atomic E-state index is 14.7. The number of hydrogen-bond donors (Lipinski definition) is 6. The van der Waals surface area contributed by atoms with Gasteiger partial charge in [-0.2, -0.15) is 0 Å². The van der Waals surface area contributed by atoms with E-state index in [9.17, 15) is 30.0 Å². The van der Waals surface area contributed by atoms with Crippen LogP contribution in [0.4, 0.5) is 5.69 Å². The van der Waals surface area contributed by atoms with Gasteiger partial charge in [-0.15, -0.1) is 0 Å². The smallest absolute Gasteiger partial charge is 0.251 e. The molecule has 5 aliphatic heterocycles.